The van der Waals surface area contributed by atoms with Crippen molar-refractivity contribution in [2.75, 3.05) is 0 Å². The lowest BCUT2D eigenvalue weighted by atomic mass is 9.87. The van der Waals surface area contributed by atoms with Crippen molar-refractivity contribution in [3.63, 3.8) is 0 Å². The summed E-state index contributed by atoms with van der Waals surface area (Å²) >= 11 is 1.86. The van der Waals surface area contributed by atoms with Gasteiger partial charge in [0.15, 0.2) is 5.82 Å². The Morgan fingerprint density at radius 3 is 1.51 bits per heavy atom. The normalized spacial score (nSPS) is 12.1. The van der Waals surface area contributed by atoms with Gasteiger partial charge in [-0.25, -0.2) is 9.97 Å². The largest absolute Gasteiger partial charge is 0.228 e. The fraction of sp³-hybridized carbons (Fsp3) is 0. The molecule has 0 amide bonds. The Kier molecular flexibility index (Phi) is 6.92. The Hall–Kier alpha value is -7.46. The van der Waals surface area contributed by atoms with Crippen LogP contribution in [0.1, 0.15) is 0 Å². The molecule has 0 unspecified atom stereocenters. The van der Waals surface area contributed by atoms with E-state index in [9.17, 15) is 0 Å². The monoisotopic (exact) mass is 764 g/mol. The van der Waals surface area contributed by atoms with Gasteiger partial charge in [-0.2, -0.15) is 0 Å². The molecule has 2 heterocycles. The molecule has 272 valence electrons. The number of benzene rings is 10. The van der Waals surface area contributed by atoms with E-state index in [1.165, 1.54) is 95.9 Å². The summed E-state index contributed by atoms with van der Waals surface area (Å²) in [6.07, 6.45) is 0. The number of nitrogens with zero attached hydrogens (tertiary/aromatic N) is 2. The summed E-state index contributed by atoms with van der Waals surface area (Å²) < 4.78 is 2.62. The Balaban J connectivity index is 1.06. The lowest BCUT2D eigenvalue weighted by Gasteiger charge is -2.17. The van der Waals surface area contributed by atoms with Gasteiger partial charge in [0.05, 0.1) is 11.4 Å². The lowest BCUT2D eigenvalue weighted by Crippen LogP contribution is -1.96. The van der Waals surface area contributed by atoms with E-state index in [2.05, 4.69) is 188 Å². The number of aromatic nitrogens is 2. The minimum Gasteiger partial charge on any atom is -0.228 e. The third-order valence-electron chi connectivity index (χ3n) is 12.4. The molecular weight excluding hydrogens is 733 g/mol. The summed E-state index contributed by atoms with van der Waals surface area (Å²) in [5, 5.41) is 17.8. The number of thiophene rings is 1. The van der Waals surface area contributed by atoms with Crippen molar-refractivity contribution in [2.24, 2.45) is 0 Å². The predicted molar refractivity (Wildman–Crippen MR) is 253 cm³/mol. The molecule has 0 aliphatic carbocycles. The molecule has 0 radical (unpaired) electrons. The Bertz CT molecular complexity index is 3820. The number of rotatable bonds is 4. The molecule has 3 heteroatoms. The van der Waals surface area contributed by atoms with Crippen LogP contribution in [0.2, 0.25) is 0 Å². The molecule has 0 N–H and O–H groups in total. The van der Waals surface area contributed by atoms with Gasteiger partial charge < -0.3 is 0 Å². The van der Waals surface area contributed by atoms with Crippen LogP contribution in [0.15, 0.2) is 194 Å². The topological polar surface area (TPSA) is 25.8 Å². The van der Waals surface area contributed by atoms with Crippen molar-refractivity contribution in [3.8, 4) is 45.0 Å². The Morgan fingerprint density at radius 1 is 0.288 bits per heavy atom. The summed E-state index contributed by atoms with van der Waals surface area (Å²) in [5.74, 6) is 0.709. The van der Waals surface area contributed by atoms with Gasteiger partial charge in [0.1, 0.15) is 0 Å². The average molecular weight is 765 g/mol. The van der Waals surface area contributed by atoms with Crippen LogP contribution in [-0.2, 0) is 0 Å². The van der Waals surface area contributed by atoms with Crippen molar-refractivity contribution in [2.45, 2.75) is 0 Å². The summed E-state index contributed by atoms with van der Waals surface area (Å²) in [6.45, 7) is 0. The minimum absolute atomic E-state index is 0.709. The maximum atomic E-state index is 5.34. The average Bonchev–Trinajstić information content (AvgIpc) is 3.69. The highest BCUT2D eigenvalue weighted by atomic mass is 32.1. The van der Waals surface area contributed by atoms with Crippen LogP contribution in [-0.4, -0.2) is 9.97 Å². The molecule has 0 atom stereocenters. The van der Waals surface area contributed by atoms with Crippen molar-refractivity contribution >= 4 is 96.1 Å². The smallest absolute Gasteiger partial charge is 0.160 e. The van der Waals surface area contributed by atoms with Crippen molar-refractivity contribution in [1.82, 2.24) is 9.97 Å². The zero-order valence-corrected chi connectivity index (χ0v) is 32.6. The van der Waals surface area contributed by atoms with Gasteiger partial charge in [0.25, 0.3) is 0 Å². The van der Waals surface area contributed by atoms with Crippen LogP contribution in [0.25, 0.3) is 130 Å². The molecule has 0 spiro atoms. The van der Waals surface area contributed by atoms with Gasteiger partial charge in [0.2, 0.25) is 0 Å². The highest BCUT2D eigenvalue weighted by Crippen LogP contribution is 2.45. The Morgan fingerprint density at radius 2 is 0.814 bits per heavy atom. The van der Waals surface area contributed by atoms with Gasteiger partial charge in [-0.15, -0.1) is 11.3 Å². The SMILES string of the molecule is c1ccc(-c2nc(-c3ccc(-c4cccc5sc6ccccc6c45)cc3)cc(-c3cc4ccc5cccc6c7cccc8ccc9cccc(c(c3)c4c56)c9c87)n2)cc1. The molecule has 0 saturated heterocycles. The van der Waals surface area contributed by atoms with Crippen LogP contribution in [0, 0.1) is 0 Å². The summed E-state index contributed by atoms with van der Waals surface area (Å²) in [5.41, 5.74) is 7.34. The molecule has 11 aromatic carbocycles. The first kappa shape index (κ1) is 32.6. The zero-order chi connectivity index (χ0) is 38.6. The van der Waals surface area contributed by atoms with Gasteiger partial charge in [-0.05, 0) is 106 Å². The summed E-state index contributed by atoms with van der Waals surface area (Å²) in [4.78, 5) is 10.6. The van der Waals surface area contributed by atoms with Gasteiger partial charge in [-0.3, -0.25) is 0 Å². The van der Waals surface area contributed by atoms with Gasteiger partial charge in [-0.1, -0.05) is 164 Å². The van der Waals surface area contributed by atoms with E-state index in [4.69, 9.17) is 9.97 Å². The minimum atomic E-state index is 0.709. The van der Waals surface area contributed by atoms with E-state index in [1.54, 1.807) is 0 Å². The van der Waals surface area contributed by atoms with Gasteiger partial charge in [0, 0.05) is 36.9 Å². The summed E-state index contributed by atoms with van der Waals surface area (Å²) in [6, 6.07) is 70.9. The first-order valence-corrected chi connectivity index (χ1v) is 21.0. The lowest BCUT2D eigenvalue weighted by molar-refractivity contribution is 1.18. The van der Waals surface area contributed by atoms with Crippen molar-refractivity contribution < 1.29 is 0 Å². The highest BCUT2D eigenvalue weighted by molar-refractivity contribution is 7.25. The second kappa shape index (κ2) is 12.5. The number of fused-ring (bicyclic) bond motifs is 5. The van der Waals surface area contributed by atoms with Gasteiger partial charge >= 0.3 is 0 Å². The van der Waals surface area contributed by atoms with Crippen LogP contribution in [0.4, 0.5) is 0 Å². The van der Waals surface area contributed by atoms with E-state index in [1.807, 2.05) is 17.4 Å². The van der Waals surface area contributed by atoms with Crippen LogP contribution >= 0.6 is 11.3 Å². The molecule has 2 aromatic heterocycles. The molecule has 13 rings (SSSR count). The van der Waals surface area contributed by atoms with E-state index in [0.717, 1.165) is 28.1 Å². The van der Waals surface area contributed by atoms with Crippen LogP contribution in [0.3, 0.4) is 0 Å². The molecule has 0 fully saturated rings. The third kappa shape index (κ3) is 4.92. The zero-order valence-electron chi connectivity index (χ0n) is 31.8. The molecule has 0 bridgehead atoms. The molecule has 0 saturated carbocycles. The van der Waals surface area contributed by atoms with E-state index < -0.39 is 0 Å². The van der Waals surface area contributed by atoms with E-state index in [0.29, 0.717) is 5.82 Å². The third-order valence-corrected chi connectivity index (χ3v) is 13.5. The fourth-order valence-corrected chi connectivity index (χ4v) is 10.9. The molecule has 59 heavy (non-hydrogen) atoms. The molecule has 0 aliphatic heterocycles. The first-order chi connectivity index (χ1) is 29.2. The maximum Gasteiger partial charge on any atom is 0.160 e. The first-order valence-electron chi connectivity index (χ1n) is 20.1. The predicted octanol–water partition coefficient (Wildman–Crippen LogP) is 15.9. The molecule has 0 aliphatic rings. The maximum absolute atomic E-state index is 5.34. The van der Waals surface area contributed by atoms with Crippen LogP contribution in [0.5, 0.6) is 0 Å². The van der Waals surface area contributed by atoms with E-state index in [-0.39, 0.29) is 0 Å². The quantitative estimate of drug-likeness (QED) is 0.167. The highest BCUT2D eigenvalue weighted by Gasteiger charge is 2.18. The van der Waals surface area contributed by atoms with Crippen LogP contribution < -0.4 is 0 Å². The molecular formula is C56H32N2S. The number of hydrogen-bond acceptors (Lipinski definition) is 3. The standard InChI is InChI=1S/C56H32N2S/c1-2-10-38(11-3-1)56-57-47(34-24-22-33(23-25-34)41-16-9-21-50-55(41)45-15-4-5-20-49(45)59-50)32-48(58-56)40-30-39-29-28-37-13-7-18-43-42-17-6-12-35-26-27-36-14-8-19-44(53(36)51(35)42)46(31-40)54(39)52(37)43/h1-32H. The van der Waals surface area contributed by atoms with Crippen molar-refractivity contribution in [1.29, 1.82) is 0 Å². The molecule has 2 nitrogen and oxygen atoms in total. The second-order valence-electron chi connectivity index (χ2n) is 15.6. The van der Waals surface area contributed by atoms with E-state index >= 15 is 0 Å². The van der Waals surface area contributed by atoms with Crippen molar-refractivity contribution in [3.05, 3.63) is 194 Å². The second-order valence-corrected chi connectivity index (χ2v) is 16.7. The Labute approximate surface area is 343 Å². The number of hydrogen-bond donors (Lipinski definition) is 0. The summed E-state index contributed by atoms with van der Waals surface area (Å²) in [7, 11) is 0. The molecule has 13 aromatic rings. The fourth-order valence-electron chi connectivity index (χ4n) is 9.73.